The van der Waals surface area contributed by atoms with Crippen molar-refractivity contribution in [1.82, 2.24) is 0 Å². The van der Waals surface area contributed by atoms with Crippen LogP contribution in [0.25, 0.3) is 22.3 Å². The molecule has 0 bridgehead atoms. The molecular formula is C72H106O48P12S6+2. The van der Waals surface area contributed by atoms with Gasteiger partial charge in [-0.2, -0.15) is 0 Å². The van der Waals surface area contributed by atoms with Gasteiger partial charge in [0, 0.05) is 43.5 Å². The Labute approximate surface area is 799 Å². The highest BCUT2D eigenvalue weighted by atomic mass is 32.2. The first kappa shape index (κ1) is 131. The fourth-order valence-electron chi connectivity index (χ4n) is 10.6. The molecule has 138 heavy (non-hydrogen) atoms. The van der Waals surface area contributed by atoms with Gasteiger partial charge in [0.2, 0.25) is 0 Å². The second kappa shape index (κ2) is 56.1. The third-order valence-corrected chi connectivity index (χ3v) is 40.9. The minimum Gasteiger partial charge on any atom is -0.412 e. The number of benzene rings is 8. The van der Waals surface area contributed by atoms with Crippen molar-refractivity contribution >= 4 is 152 Å². The van der Waals surface area contributed by atoms with E-state index < -0.39 is 214 Å². The van der Waals surface area contributed by atoms with Gasteiger partial charge >= 0.3 is 93.4 Å². The van der Waals surface area contributed by atoms with E-state index in [1.54, 1.807) is 120 Å². The third kappa shape index (κ3) is 53.2. The lowest BCUT2D eigenvalue weighted by Crippen LogP contribution is -2.15. The summed E-state index contributed by atoms with van der Waals surface area (Å²) >= 11 is 0. The minimum atomic E-state index is -4.83. The van der Waals surface area contributed by atoms with E-state index >= 15 is 0 Å². The first-order valence-corrected chi connectivity index (χ1v) is 68.2. The van der Waals surface area contributed by atoms with Crippen LogP contribution in [0.3, 0.4) is 0 Å². The number of phosphoric ester groups is 5. The lowest BCUT2D eigenvalue weighted by molar-refractivity contribution is 0.203. The van der Waals surface area contributed by atoms with Gasteiger partial charge in [-0.25, -0.2) is 94.9 Å². The molecule has 14 N–H and O–H groups in total. The van der Waals surface area contributed by atoms with Gasteiger partial charge in [0.1, 0.15) is 10.9 Å². The molecule has 0 radical (unpaired) electrons. The maximum atomic E-state index is 12.6. The molecule has 48 nitrogen and oxygen atoms in total. The van der Waals surface area contributed by atoms with Crippen molar-refractivity contribution in [3.8, 4) is 22.3 Å². The van der Waals surface area contributed by atoms with Gasteiger partial charge in [0.15, 0.2) is 65.7 Å². The smallest absolute Gasteiger partial charge is 0.412 e. The van der Waals surface area contributed by atoms with Crippen LogP contribution in [0.1, 0.15) is 33.4 Å². The SMILES string of the molecule is CP(=O)(O)OP(=O)(O)OCCS(=O)(=O)c1cccc(-c2ccccc2)c1.C[P+](=O)O[P+](=O)OCCS(=O)(=O)c1ccccc1-c1ccccc1.Cc1cc(C)c(S(=O)(=O)CCOP(=O)(O)OP(C)(=O)O)c(C)c1.Cc1ccc(S(=O)(=O)CCOP(=O)(O)OP(C)(=O)O)cc1.Cc1cccc(S(=O)(=O)CCOP(=O)(O)OP(C)(=O)O)c1.Cc1ccccc1S(=O)(=O)CCOP(=O)(O)OP(C)(=O)O.O.O. The standard InChI is InChI=1S/C15H18O8P2S.C15H16O6P2S.C12H20O8P2S.3C10H16O8P2S.2H2O/c1-24(16,17)23-25(18,19)22-10-11-26(20,21)15-9-5-8-14(12-15)13-6-3-2-4-7-13;1-22(16)21-23(17)20-11-12-24(18,19)15-10-6-5-9-14(15)13-7-3-2-4-8-13;1-9-7-10(2)12(11(3)8-9)23(17,18)6-5-19-22(15,16)20-21(4,13)14;1-9-3-5-10(6-4-9)21(15,16)8-7-17-20(13,14)18-19(2,11)12;1-9-4-3-5-10(8-9)21(15,16)7-6-17-20(13,14)18-19(2,11)12;1-9-5-3-4-6-10(9)21(15,16)8-7-17-20(13,14)18-19(2,11)12;;/h2-9,12H,10-11H2,1H3,(H,16,17)(H,18,19);2-10H,11-12H2,1H3;7-8H,5-6H2,1-4H3,(H,13,14)(H,15,16);3-6H,7-8H2,1-2H3,(H,11,12)(H,13,14);3-5,8H,6-7H2,1-2H3,(H,11,12)(H,13,14);3-6H,7-8H2,1-2H3,(H,11,12)(H,13,14);2*1H2/q;+2;;;;;;. The van der Waals surface area contributed by atoms with Crippen LogP contribution in [-0.2, 0) is 167 Å². The fraction of sp³-hybridized carbons (Fsp3) is 0.333. The van der Waals surface area contributed by atoms with Gasteiger partial charge in [-0.3, -0.25) is 45.4 Å². The molecule has 0 aliphatic carbocycles. The highest BCUT2D eigenvalue weighted by Gasteiger charge is 2.38. The van der Waals surface area contributed by atoms with Crippen molar-refractivity contribution in [2.75, 3.05) is 114 Å². The average molecular weight is 2300 g/mol. The predicted octanol–water partition coefficient (Wildman–Crippen LogP) is 13.1. The van der Waals surface area contributed by atoms with Crippen LogP contribution in [0.4, 0.5) is 0 Å². The van der Waals surface area contributed by atoms with E-state index in [-0.39, 0.29) is 52.7 Å². The molecule has 0 fully saturated rings. The van der Waals surface area contributed by atoms with Gasteiger partial charge in [0.25, 0.3) is 0 Å². The molecule has 776 valence electrons. The number of sulfone groups is 6. The topological polar surface area (TPSA) is 786 Å². The molecule has 0 aliphatic rings. The van der Waals surface area contributed by atoms with Gasteiger partial charge in [-0.1, -0.05) is 157 Å². The van der Waals surface area contributed by atoms with Crippen LogP contribution < -0.4 is 0 Å². The molecule has 0 saturated carbocycles. The number of rotatable bonds is 44. The van der Waals surface area contributed by atoms with Crippen molar-refractivity contribution in [3.05, 3.63) is 228 Å². The molecule has 0 spiro atoms. The monoisotopic (exact) mass is 2300 g/mol. The molecule has 8 aromatic carbocycles. The summed E-state index contributed by atoms with van der Waals surface area (Å²) in [4.78, 5) is 90.8. The summed E-state index contributed by atoms with van der Waals surface area (Å²) in [7, 11) is -72.1. The number of hydrogen-bond donors (Lipinski definition) is 10. The van der Waals surface area contributed by atoms with Crippen LogP contribution in [-0.4, -0.2) is 225 Å². The molecule has 12 atom stereocenters. The van der Waals surface area contributed by atoms with E-state index in [0.29, 0.717) is 54.5 Å². The second-order valence-electron chi connectivity index (χ2n) is 28.3. The Balaban J connectivity index is 0.000000827. The Morgan fingerprint density at radius 3 is 0.957 bits per heavy atom. The quantitative estimate of drug-likeness (QED) is 0.0159. The first-order valence-electron chi connectivity index (χ1n) is 37.9. The van der Waals surface area contributed by atoms with Crippen LogP contribution in [0.2, 0.25) is 0 Å². The minimum absolute atomic E-state index is 0. The molecule has 12 unspecified atom stereocenters. The Kier molecular flexibility index (Phi) is 53.2. The average Bonchev–Trinajstić information content (AvgIpc) is 0.787. The predicted molar refractivity (Wildman–Crippen MR) is 509 cm³/mol. The number of phosphoric acid groups is 5. The number of hydrogen-bond acceptors (Lipinski definition) is 36. The van der Waals surface area contributed by atoms with Crippen molar-refractivity contribution < 1.29 is 218 Å². The van der Waals surface area contributed by atoms with Crippen molar-refractivity contribution in [1.29, 1.82) is 0 Å². The molecule has 66 heteroatoms. The third-order valence-electron chi connectivity index (χ3n) is 15.7. The highest BCUT2D eigenvalue weighted by Crippen LogP contribution is 2.61. The van der Waals surface area contributed by atoms with Crippen LogP contribution in [0, 0.1) is 41.5 Å². The molecule has 0 saturated heterocycles. The van der Waals surface area contributed by atoms with Crippen LogP contribution >= 0.6 is 93.4 Å². The highest BCUT2D eigenvalue weighted by molar-refractivity contribution is 7.93. The van der Waals surface area contributed by atoms with Crippen molar-refractivity contribution in [2.45, 2.75) is 70.9 Å². The normalized spacial score (nSPS) is 16.4. The van der Waals surface area contributed by atoms with Crippen molar-refractivity contribution in [3.63, 3.8) is 0 Å². The summed E-state index contributed by atoms with van der Waals surface area (Å²) in [5.41, 5.74) is 7.16. The lowest BCUT2D eigenvalue weighted by atomic mass is 10.1. The molecule has 0 amide bonds. The maximum absolute atomic E-state index is 12.6. The van der Waals surface area contributed by atoms with E-state index in [1.807, 2.05) is 67.6 Å². The van der Waals surface area contributed by atoms with Gasteiger partial charge in [0.05, 0.1) is 96.9 Å². The molecule has 0 aliphatic heterocycles. The van der Waals surface area contributed by atoms with E-state index in [2.05, 4.69) is 48.5 Å². The largest absolute Gasteiger partial charge is 0.744 e. The van der Waals surface area contributed by atoms with Gasteiger partial charge in [-0.15, -0.1) is 4.52 Å². The van der Waals surface area contributed by atoms with E-state index in [9.17, 15) is 115 Å². The summed E-state index contributed by atoms with van der Waals surface area (Å²) < 4.78 is 331. The second-order valence-corrected chi connectivity index (χ2v) is 60.3. The zero-order valence-electron chi connectivity index (χ0n) is 74.9. The van der Waals surface area contributed by atoms with Crippen LogP contribution in [0.15, 0.2) is 223 Å². The summed E-state index contributed by atoms with van der Waals surface area (Å²) in [6.45, 7) is 11.5. The zero-order valence-corrected chi connectivity index (χ0v) is 90.6. The Morgan fingerprint density at radius 2 is 0.587 bits per heavy atom. The van der Waals surface area contributed by atoms with E-state index in [1.165, 1.54) is 55.2 Å². The zero-order chi connectivity index (χ0) is 104. The summed E-state index contributed by atoms with van der Waals surface area (Å²) in [6, 6.07) is 53.2. The fourth-order valence-corrected chi connectivity index (χ4v) is 30.5. The van der Waals surface area contributed by atoms with Gasteiger partial charge in [-0.05, 0) is 134 Å². The summed E-state index contributed by atoms with van der Waals surface area (Å²) in [5.74, 6) is -3.22. The Morgan fingerprint density at radius 1 is 0.283 bits per heavy atom. The van der Waals surface area contributed by atoms with Crippen molar-refractivity contribution in [2.24, 2.45) is 0 Å². The molecule has 8 aromatic rings. The number of aryl methyl sites for hydroxylation is 6. The summed E-state index contributed by atoms with van der Waals surface area (Å²) in [6.07, 6.45) is 0. The Bertz CT molecular complexity index is 6670. The lowest BCUT2D eigenvalue weighted by Gasteiger charge is -2.15. The summed E-state index contributed by atoms with van der Waals surface area (Å²) in [5, 5.41) is 0. The molecular weight excluding hydrogens is 2200 g/mol. The van der Waals surface area contributed by atoms with E-state index in [0.717, 1.165) is 34.5 Å². The molecule has 0 aromatic heterocycles. The van der Waals surface area contributed by atoms with Gasteiger partial charge < -0.3 is 59.9 Å². The first-order chi connectivity index (χ1) is 61.9. The Hall–Kier alpha value is -5.00. The molecule has 8 rings (SSSR count). The molecule has 0 heterocycles. The van der Waals surface area contributed by atoms with E-state index in [4.69, 9.17) is 43.7 Å². The maximum Gasteiger partial charge on any atom is 0.744 e. The van der Waals surface area contributed by atoms with Crippen LogP contribution in [0.5, 0.6) is 0 Å².